The molecule has 0 fully saturated rings. The van der Waals surface area contributed by atoms with Crippen LogP contribution in [0.5, 0.6) is 5.75 Å². The van der Waals surface area contributed by atoms with Gasteiger partial charge in [0.15, 0.2) is 0 Å². The number of hydrogen-bond acceptors (Lipinski definition) is 3. The van der Waals surface area contributed by atoms with Crippen molar-refractivity contribution >= 4 is 27.9 Å². The second-order valence-corrected chi connectivity index (χ2v) is 6.26. The van der Waals surface area contributed by atoms with Crippen molar-refractivity contribution in [3.63, 3.8) is 0 Å². The van der Waals surface area contributed by atoms with Gasteiger partial charge in [0.1, 0.15) is 24.0 Å². The molecule has 25 heavy (non-hydrogen) atoms. The summed E-state index contributed by atoms with van der Waals surface area (Å²) in [5.41, 5.74) is 5.09. The van der Waals surface area contributed by atoms with Crippen LogP contribution in [0.3, 0.4) is 0 Å². The molecule has 0 aliphatic carbocycles. The summed E-state index contributed by atoms with van der Waals surface area (Å²) in [4.78, 5) is 12.5. The number of halogens is 1. The summed E-state index contributed by atoms with van der Waals surface area (Å²) in [7, 11) is 0. The minimum absolute atomic E-state index is 0.0194. The summed E-state index contributed by atoms with van der Waals surface area (Å²) < 4.78 is 8.04. The second kappa shape index (κ2) is 8.36. The minimum Gasteiger partial charge on any atom is -0.489 e. The maximum atomic E-state index is 12.5. The average Bonchev–Trinajstić information content (AvgIpc) is 2.90. The number of amides is 1. The van der Waals surface area contributed by atoms with Gasteiger partial charge in [0.2, 0.25) is 0 Å². The number of carbonyl (C=O) groups is 1. The third-order valence-electron chi connectivity index (χ3n) is 3.48. The molecule has 0 aliphatic rings. The van der Waals surface area contributed by atoms with E-state index in [1.807, 2.05) is 38.1 Å². The van der Waals surface area contributed by atoms with Gasteiger partial charge in [-0.1, -0.05) is 28.6 Å². The molecule has 0 saturated heterocycles. The first kappa shape index (κ1) is 18.6. The molecule has 0 spiro atoms. The van der Waals surface area contributed by atoms with Crippen LogP contribution in [0.1, 0.15) is 17.0 Å². The van der Waals surface area contributed by atoms with E-state index < -0.39 is 5.91 Å². The summed E-state index contributed by atoms with van der Waals surface area (Å²) in [5, 5.41) is 9.40. The molecule has 0 atom stereocenters. The molecule has 2 aromatic rings. The summed E-state index contributed by atoms with van der Waals surface area (Å²) >= 11 is 3.39. The maximum Gasteiger partial charge on any atom is 0.280 e. The highest BCUT2D eigenvalue weighted by Crippen LogP contribution is 2.25. The Morgan fingerprint density at radius 3 is 2.64 bits per heavy atom. The summed E-state index contributed by atoms with van der Waals surface area (Å²) in [6, 6.07) is 11.1. The summed E-state index contributed by atoms with van der Waals surface area (Å²) in [6.45, 7) is 7.70. The number of ether oxygens (including phenoxy) is 1. The number of hydrogen-bond donors (Lipinski definition) is 1. The molecule has 0 saturated carbocycles. The molecule has 1 heterocycles. The Morgan fingerprint density at radius 2 is 2.04 bits per heavy atom. The highest BCUT2D eigenvalue weighted by atomic mass is 79.9. The topological polar surface area (TPSA) is 67.0 Å². The van der Waals surface area contributed by atoms with Gasteiger partial charge in [-0.2, -0.15) is 5.26 Å². The van der Waals surface area contributed by atoms with E-state index in [9.17, 15) is 10.1 Å². The number of nitrogens with one attached hydrogen (secondary N) is 1. The third kappa shape index (κ3) is 4.61. The van der Waals surface area contributed by atoms with Crippen molar-refractivity contribution in [2.75, 3.05) is 12.0 Å². The zero-order valence-corrected chi connectivity index (χ0v) is 15.6. The lowest BCUT2D eigenvalue weighted by Gasteiger charge is -2.11. The molecule has 0 radical (unpaired) electrons. The predicted octanol–water partition coefficient (Wildman–Crippen LogP) is 4.11. The van der Waals surface area contributed by atoms with Crippen LogP contribution in [-0.2, 0) is 4.79 Å². The van der Waals surface area contributed by atoms with Crippen molar-refractivity contribution in [3.05, 3.63) is 70.0 Å². The second-order valence-electron chi connectivity index (χ2n) is 5.34. The zero-order valence-electron chi connectivity index (χ0n) is 14.0. The van der Waals surface area contributed by atoms with Crippen LogP contribution in [0.2, 0.25) is 0 Å². The van der Waals surface area contributed by atoms with Crippen molar-refractivity contribution in [1.29, 1.82) is 5.26 Å². The first-order valence-electron chi connectivity index (χ1n) is 7.57. The molecular weight excluding hydrogens is 382 g/mol. The largest absolute Gasteiger partial charge is 0.489 e. The molecule has 128 valence electrons. The lowest BCUT2D eigenvalue weighted by Crippen LogP contribution is -2.25. The Labute approximate surface area is 155 Å². The number of benzene rings is 1. The van der Waals surface area contributed by atoms with E-state index in [4.69, 9.17) is 4.74 Å². The van der Waals surface area contributed by atoms with Gasteiger partial charge < -0.3 is 4.74 Å². The van der Waals surface area contributed by atoms with Crippen LogP contribution in [-0.4, -0.2) is 17.2 Å². The van der Waals surface area contributed by atoms with E-state index in [0.29, 0.717) is 17.9 Å². The van der Waals surface area contributed by atoms with Gasteiger partial charge in [-0.05, 0) is 50.3 Å². The van der Waals surface area contributed by atoms with Crippen LogP contribution in [0.25, 0.3) is 6.08 Å². The fourth-order valence-corrected chi connectivity index (χ4v) is 2.60. The maximum absolute atomic E-state index is 12.5. The number of aryl methyl sites for hydroxylation is 2. The van der Waals surface area contributed by atoms with Gasteiger partial charge >= 0.3 is 0 Å². The van der Waals surface area contributed by atoms with Crippen LogP contribution < -0.4 is 10.2 Å². The van der Waals surface area contributed by atoms with Crippen molar-refractivity contribution in [1.82, 2.24) is 4.68 Å². The predicted molar refractivity (Wildman–Crippen MR) is 102 cm³/mol. The lowest BCUT2D eigenvalue weighted by atomic mass is 10.1. The monoisotopic (exact) mass is 399 g/mol. The smallest absolute Gasteiger partial charge is 0.280 e. The normalized spacial score (nSPS) is 10.9. The van der Waals surface area contributed by atoms with Gasteiger partial charge in [0.25, 0.3) is 5.91 Å². The number of aromatic nitrogens is 1. The molecule has 0 bridgehead atoms. The molecule has 1 N–H and O–H groups in total. The highest BCUT2D eigenvalue weighted by molar-refractivity contribution is 9.10. The zero-order chi connectivity index (χ0) is 18.4. The van der Waals surface area contributed by atoms with Gasteiger partial charge in [0, 0.05) is 21.4 Å². The first-order chi connectivity index (χ1) is 12.0. The van der Waals surface area contributed by atoms with Gasteiger partial charge in [-0.3, -0.25) is 14.9 Å². The van der Waals surface area contributed by atoms with Crippen LogP contribution in [0, 0.1) is 25.2 Å². The van der Waals surface area contributed by atoms with E-state index in [2.05, 4.69) is 27.9 Å². The average molecular weight is 400 g/mol. The number of nitrogens with zero attached hydrogens (tertiary/aromatic N) is 2. The Bertz CT molecular complexity index is 856. The third-order valence-corrected chi connectivity index (χ3v) is 3.97. The Kier molecular flexibility index (Phi) is 6.20. The van der Waals surface area contributed by atoms with Crippen molar-refractivity contribution in [3.8, 4) is 11.8 Å². The fraction of sp³-hybridized carbons (Fsp3) is 0.158. The van der Waals surface area contributed by atoms with E-state index in [1.54, 1.807) is 22.9 Å². The Morgan fingerprint density at radius 1 is 1.36 bits per heavy atom. The Balaban J connectivity index is 2.34. The molecule has 6 heteroatoms. The van der Waals surface area contributed by atoms with Crippen molar-refractivity contribution in [2.45, 2.75) is 13.8 Å². The van der Waals surface area contributed by atoms with Gasteiger partial charge in [0.05, 0.1) is 0 Å². The van der Waals surface area contributed by atoms with Crippen LogP contribution in [0.15, 0.2) is 53.0 Å². The molecule has 1 aromatic heterocycles. The van der Waals surface area contributed by atoms with E-state index in [-0.39, 0.29) is 5.57 Å². The fourth-order valence-electron chi connectivity index (χ4n) is 2.22. The number of rotatable bonds is 6. The van der Waals surface area contributed by atoms with Crippen LogP contribution >= 0.6 is 15.9 Å². The van der Waals surface area contributed by atoms with E-state index in [0.717, 1.165) is 15.9 Å². The lowest BCUT2D eigenvalue weighted by molar-refractivity contribution is -0.113. The number of carbonyl (C=O) groups excluding carboxylic acids is 1. The van der Waals surface area contributed by atoms with Crippen molar-refractivity contribution in [2.24, 2.45) is 0 Å². The molecule has 2 rings (SSSR count). The highest BCUT2D eigenvalue weighted by Gasteiger charge is 2.13. The number of nitriles is 1. The quantitative estimate of drug-likeness (QED) is 0.451. The van der Waals surface area contributed by atoms with Gasteiger partial charge in [-0.15, -0.1) is 0 Å². The standard InChI is InChI=1S/C19H18BrN3O2/c1-4-9-25-18-8-7-17(20)11-15(18)10-16(12-21)19(24)22-23-13(2)5-6-14(23)3/h4-8,10-11H,1,9H2,2-3H3,(H,22,24)/b16-10-. The van der Waals surface area contributed by atoms with E-state index in [1.165, 1.54) is 6.08 Å². The Hall–Kier alpha value is -2.78. The molecule has 0 unspecified atom stereocenters. The van der Waals surface area contributed by atoms with Crippen molar-refractivity contribution < 1.29 is 9.53 Å². The summed E-state index contributed by atoms with van der Waals surface area (Å²) in [6.07, 6.45) is 3.14. The molecular formula is C19H18BrN3O2. The van der Waals surface area contributed by atoms with E-state index >= 15 is 0 Å². The van der Waals surface area contributed by atoms with Gasteiger partial charge in [-0.25, -0.2) is 0 Å². The molecule has 1 amide bonds. The summed E-state index contributed by atoms with van der Waals surface area (Å²) in [5.74, 6) is 0.0801. The van der Waals surface area contributed by atoms with Crippen LogP contribution in [0.4, 0.5) is 0 Å². The molecule has 1 aromatic carbocycles. The molecule has 0 aliphatic heterocycles. The molecule has 5 nitrogen and oxygen atoms in total. The SMILES string of the molecule is C=CCOc1ccc(Br)cc1/C=C(/C#N)C(=O)Nn1c(C)ccc1C. The first-order valence-corrected chi connectivity index (χ1v) is 8.37. The minimum atomic E-state index is -0.487.